The fourth-order valence-electron chi connectivity index (χ4n) is 5.74. The summed E-state index contributed by atoms with van der Waals surface area (Å²) in [6.07, 6.45) is -5.31. The lowest BCUT2D eigenvalue weighted by Gasteiger charge is -2.50. The Hall–Kier alpha value is -4.26. The lowest BCUT2D eigenvalue weighted by Crippen LogP contribution is -2.64. The number of aliphatic hydroxyl groups excluding tert-OH is 4. The number of phenolic OH excluding ortho intramolecular Hbond substituents is 3. The Balaban J connectivity index is 1.50. The van der Waals surface area contributed by atoms with Crippen LogP contribution in [0.2, 0.25) is 0 Å². The third-order valence-corrected chi connectivity index (χ3v) is 7.95. The summed E-state index contributed by atoms with van der Waals surface area (Å²) in [6.45, 7) is 0.583. The number of esters is 1. The zero-order chi connectivity index (χ0) is 30.3. The highest BCUT2D eigenvalue weighted by Gasteiger charge is 2.56. The van der Waals surface area contributed by atoms with Crippen LogP contribution in [0, 0.1) is 0 Å². The first-order valence-corrected chi connectivity index (χ1v) is 13.1. The monoisotopic (exact) mass is 578 g/mol. The smallest absolute Gasteiger partial charge is 0.330 e. The summed E-state index contributed by atoms with van der Waals surface area (Å²) in [4.78, 5) is 25.9. The average molecular weight is 579 g/mol. The molecule has 3 aromatic carbocycles. The molecule has 0 radical (unpaired) electrons. The molecular formula is C31H30O11. The fourth-order valence-corrected chi connectivity index (χ4v) is 5.74. The first kappa shape index (κ1) is 29.2. The van der Waals surface area contributed by atoms with Gasteiger partial charge in [-0.25, -0.2) is 4.79 Å². The summed E-state index contributed by atoms with van der Waals surface area (Å²) in [5, 5.41) is 73.5. The average Bonchev–Trinajstić information content (AvgIpc) is 2.97. The van der Waals surface area contributed by atoms with Gasteiger partial charge in [0.2, 0.25) is 5.78 Å². The Morgan fingerprint density at radius 3 is 2.31 bits per heavy atom. The van der Waals surface area contributed by atoms with Crippen molar-refractivity contribution in [2.45, 2.75) is 49.5 Å². The highest BCUT2D eigenvalue weighted by atomic mass is 16.6. The summed E-state index contributed by atoms with van der Waals surface area (Å²) in [7, 11) is 0. The molecule has 5 rings (SSSR count). The number of aromatic hydroxyl groups is 3. The number of ether oxygens (including phenoxy) is 2. The SMILES string of the molecule is CC1(C2O[C@@H](COC(=O)/C=C/c3ccc(O)cc3)[C@H](O)[C@@H](O)[C@@H]2O)c2cccc(O)c2C(=O)c2c(O)cc(CO)cc21. The number of ketones is 1. The largest absolute Gasteiger partial charge is 0.508 e. The van der Waals surface area contributed by atoms with Gasteiger partial charge in [-0.1, -0.05) is 30.3 Å². The van der Waals surface area contributed by atoms with Crippen LogP contribution in [0.3, 0.4) is 0 Å². The second kappa shape index (κ2) is 11.2. The molecule has 3 aromatic rings. The maximum absolute atomic E-state index is 13.5. The van der Waals surface area contributed by atoms with E-state index in [-0.39, 0.29) is 39.3 Å². The van der Waals surface area contributed by atoms with E-state index in [1.54, 1.807) is 19.1 Å². The molecule has 0 spiro atoms. The predicted octanol–water partition coefficient (Wildman–Crippen LogP) is 1.25. The summed E-state index contributed by atoms with van der Waals surface area (Å²) in [6, 6.07) is 13.1. The summed E-state index contributed by atoms with van der Waals surface area (Å²) >= 11 is 0. The summed E-state index contributed by atoms with van der Waals surface area (Å²) in [5.41, 5.74) is -0.596. The molecule has 1 aliphatic carbocycles. The molecule has 1 heterocycles. The number of phenols is 3. The third kappa shape index (κ3) is 4.91. The second-order valence-corrected chi connectivity index (χ2v) is 10.5. The van der Waals surface area contributed by atoms with Crippen molar-refractivity contribution in [1.82, 2.24) is 0 Å². The number of carbonyl (C=O) groups is 2. The Morgan fingerprint density at radius 1 is 0.929 bits per heavy atom. The standard InChI is InChI=1S/C31H30O11/c1-31(18-3-2-4-20(34)24(18)27(38)25-19(31)11-16(13-32)12-21(25)35)30-29(40)28(39)26(37)22(42-30)14-41-23(36)10-7-15-5-8-17(33)9-6-15/h2-12,22,26,28-30,32-35,37,39-40H,13-14H2,1H3/b10-7+/t22-,26-,28+,29-,30?,31?/m0/s1. The Bertz CT molecular complexity index is 1550. The minimum atomic E-state index is -1.77. The number of hydrogen-bond acceptors (Lipinski definition) is 11. The van der Waals surface area contributed by atoms with Gasteiger partial charge in [0.1, 0.15) is 54.4 Å². The van der Waals surface area contributed by atoms with Crippen molar-refractivity contribution < 1.29 is 54.8 Å². The maximum Gasteiger partial charge on any atom is 0.330 e. The molecule has 42 heavy (non-hydrogen) atoms. The van der Waals surface area contributed by atoms with Crippen molar-refractivity contribution >= 4 is 17.8 Å². The normalized spacial score (nSPS) is 27.0. The van der Waals surface area contributed by atoms with Gasteiger partial charge in [0, 0.05) is 11.5 Å². The van der Waals surface area contributed by atoms with Crippen LogP contribution in [-0.2, 0) is 26.3 Å². The number of rotatable bonds is 6. The molecule has 1 saturated heterocycles. The van der Waals surface area contributed by atoms with Crippen molar-refractivity contribution in [2.24, 2.45) is 0 Å². The molecule has 1 fully saturated rings. The van der Waals surface area contributed by atoms with Gasteiger partial charge >= 0.3 is 5.97 Å². The topological polar surface area (TPSA) is 194 Å². The van der Waals surface area contributed by atoms with E-state index in [1.807, 2.05) is 0 Å². The van der Waals surface area contributed by atoms with E-state index in [2.05, 4.69) is 0 Å². The Morgan fingerprint density at radius 2 is 1.62 bits per heavy atom. The molecule has 1 aliphatic heterocycles. The van der Waals surface area contributed by atoms with Crippen LogP contribution in [0.1, 0.15) is 45.1 Å². The predicted molar refractivity (Wildman–Crippen MR) is 147 cm³/mol. The maximum atomic E-state index is 13.5. The van der Waals surface area contributed by atoms with Crippen LogP contribution in [-0.4, -0.2) is 84.6 Å². The fraction of sp³-hybridized carbons (Fsp3) is 0.290. The zero-order valence-electron chi connectivity index (χ0n) is 22.4. The van der Waals surface area contributed by atoms with Crippen LogP contribution < -0.4 is 0 Å². The molecule has 0 bridgehead atoms. The first-order chi connectivity index (χ1) is 20.0. The first-order valence-electron chi connectivity index (χ1n) is 13.1. The van der Waals surface area contributed by atoms with Crippen LogP contribution in [0.5, 0.6) is 17.2 Å². The molecule has 0 saturated carbocycles. The number of hydrogen-bond donors (Lipinski definition) is 7. The number of benzene rings is 3. The molecule has 2 unspecified atom stereocenters. The van der Waals surface area contributed by atoms with Gasteiger partial charge in [-0.15, -0.1) is 0 Å². The van der Waals surface area contributed by atoms with E-state index in [9.17, 15) is 45.3 Å². The molecule has 7 N–H and O–H groups in total. The minimum absolute atomic E-state index is 0.0627. The molecule has 2 aliphatic rings. The zero-order valence-corrected chi connectivity index (χ0v) is 22.4. The van der Waals surface area contributed by atoms with Gasteiger partial charge in [-0.05, 0) is 59.5 Å². The van der Waals surface area contributed by atoms with Gasteiger partial charge in [-0.3, -0.25) is 4.79 Å². The van der Waals surface area contributed by atoms with Crippen molar-refractivity contribution in [3.63, 3.8) is 0 Å². The molecule has 11 nitrogen and oxygen atoms in total. The van der Waals surface area contributed by atoms with Gasteiger partial charge in [0.05, 0.1) is 17.7 Å². The third-order valence-electron chi connectivity index (χ3n) is 7.95. The summed E-state index contributed by atoms with van der Waals surface area (Å²) < 4.78 is 11.4. The van der Waals surface area contributed by atoms with Crippen molar-refractivity contribution in [3.05, 3.63) is 94.1 Å². The van der Waals surface area contributed by atoms with Crippen LogP contribution >= 0.6 is 0 Å². The quantitative estimate of drug-likeness (QED) is 0.164. The molecule has 0 aromatic heterocycles. The van der Waals surface area contributed by atoms with E-state index in [0.717, 1.165) is 6.08 Å². The molecule has 6 atom stereocenters. The van der Waals surface area contributed by atoms with E-state index >= 15 is 0 Å². The molecule has 220 valence electrons. The number of aliphatic hydroxyl groups is 4. The van der Waals surface area contributed by atoms with Gasteiger partial charge < -0.3 is 45.2 Å². The lowest BCUT2D eigenvalue weighted by molar-refractivity contribution is -0.242. The van der Waals surface area contributed by atoms with Crippen molar-refractivity contribution in [2.75, 3.05) is 6.61 Å². The van der Waals surface area contributed by atoms with Crippen molar-refractivity contribution in [1.29, 1.82) is 0 Å². The second-order valence-electron chi connectivity index (χ2n) is 10.5. The van der Waals surface area contributed by atoms with Crippen molar-refractivity contribution in [3.8, 4) is 17.2 Å². The minimum Gasteiger partial charge on any atom is -0.508 e. The lowest BCUT2D eigenvalue weighted by atomic mass is 9.61. The van der Waals surface area contributed by atoms with Crippen LogP contribution in [0.4, 0.5) is 0 Å². The van der Waals surface area contributed by atoms with Crippen LogP contribution in [0.25, 0.3) is 6.08 Å². The Kier molecular flexibility index (Phi) is 7.80. The van der Waals surface area contributed by atoms with E-state index in [1.165, 1.54) is 48.5 Å². The number of carbonyl (C=O) groups excluding carboxylic acids is 2. The van der Waals surface area contributed by atoms with Crippen LogP contribution in [0.15, 0.2) is 60.7 Å². The van der Waals surface area contributed by atoms with Gasteiger partial charge in [0.15, 0.2) is 0 Å². The van der Waals surface area contributed by atoms with Gasteiger partial charge in [0.25, 0.3) is 0 Å². The van der Waals surface area contributed by atoms with Gasteiger partial charge in [-0.2, -0.15) is 0 Å². The number of fused-ring (bicyclic) bond motifs is 2. The van der Waals surface area contributed by atoms with E-state index < -0.39 is 66.7 Å². The molecule has 0 amide bonds. The molecule has 11 heteroatoms. The summed E-state index contributed by atoms with van der Waals surface area (Å²) in [5.74, 6) is -2.25. The van der Waals surface area contributed by atoms with E-state index in [0.29, 0.717) is 5.56 Å². The molecular weight excluding hydrogens is 548 g/mol. The highest BCUT2D eigenvalue weighted by molar-refractivity contribution is 6.16. The van der Waals surface area contributed by atoms with E-state index in [4.69, 9.17) is 9.47 Å². The highest BCUT2D eigenvalue weighted by Crippen LogP contribution is 2.51. The Labute approximate surface area is 240 Å².